The van der Waals surface area contributed by atoms with E-state index in [4.69, 9.17) is 9.47 Å². The minimum atomic E-state index is -0.263. The minimum absolute atomic E-state index is 0.0252. The van der Waals surface area contributed by atoms with Gasteiger partial charge in [0, 0.05) is 31.1 Å². The molecule has 1 amide bonds. The molecule has 2 aromatic rings. The lowest BCUT2D eigenvalue weighted by Gasteiger charge is -2.52. The number of likely N-dealkylation sites (tertiary alicyclic amines) is 1. The molecular weight excluding hydrogens is 330 g/mol. The standard InChI is InChI=1S/C20H23N3O3/c1-15-3-2-4-18(22-15)19(24)23-13-20(14-23)11-17(7-10-26-20)25-12-16-5-8-21-9-6-16/h2-6,8-9,17H,7,10-14H2,1H3/t17-/m0/s1. The van der Waals surface area contributed by atoms with Crippen LogP contribution in [0.3, 0.4) is 0 Å². The van der Waals surface area contributed by atoms with Gasteiger partial charge in [-0.2, -0.15) is 0 Å². The number of carbonyl (C=O) groups excluding carboxylic acids is 1. The average Bonchev–Trinajstić information content (AvgIpc) is 2.65. The molecule has 1 spiro atoms. The molecule has 2 aliphatic rings. The van der Waals surface area contributed by atoms with Crippen molar-refractivity contribution in [2.75, 3.05) is 19.7 Å². The van der Waals surface area contributed by atoms with Crippen LogP contribution in [-0.2, 0) is 16.1 Å². The number of hydrogen-bond acceptors (Lipinski definition) is 5. The van der Waals surface area contributed by atoms with Crippen LogP contribution >= 0.6 is 0 Å². The first-order valence-electron chi connectivity index (χ1n) is 9.01. The molecule has 0 aliphatic carbocycles. The van der Waals surface area contributed by atoms with Crippen molar-refractivity contribution >= 4 is 5.91 Å². The molecule has 136 valence electrons. The van der Waals surface area contributed by atoms with Crippen LogP contribution in [0.4, 0.5) is 0 Å². The van der Waals surface area contributed by atoms with Gasteiger partial charge in [-0.15, -0.1) is 0 Å². The van der Waals surface area contributed by atoms with E-state index in [0.29, 0.717) is 32.0 Å². The molecule has 2 aliphatic heterocycles. The number of pyridine rings is 2. The van der Waals surface area contributed by atoms with Crippen molar-refractivity contribution in [2.24, 2.45) is 0 Å². The highest BCUT2D eigenvalue weighted by atomic mass is 16.5. The van der Waals surface area contributed by atoms with Crippen molar-refractivity contribution in [1.29, 1.82) is 0 Å². The fourth-order valence-corrected chi connectivity index (χ4v) is 3.66. The summed E-state index contributed by atoms with van der Waals surface area (Å²) in [5, 5.41) is 0. The van der Waals surface area contributed by atoms with E-state index in [0.717, 1.165) is 24.1 Å². The van der Waals surface area contributed by atoms with Gasteiger partial charge in [-0.25, -0.2) is 4.98 Å². The van der Waals surface area contributed by atoms with Gasteiger partial charge >= 0.3 is 0 Å². The van der Waals surface area contributed by atoms with E-state index in [2.05, 4.69) is 9.97 Å². The summed E-state index contributed by atoms with van der Waals surface area (Å²) in [6, 6.07) is 9.46. The van der Waals surface area contributed by atoms with Crippen molar-refractivity contribution in [3.8, 4) is 0 Å². The maximum atomic E-state index is 12.6. The highest BCUT2D eigenvalue weighted by molar-refractivity contribution is 5.93. The van der Waals surface area contributed by atoms with Crippen LogP contribution in [0.5, 0.6) is 0 Å². The Hall–Kier alpha value is -2.31. The van der Waals surface area contributed by atoms with Crippen LogP contribution < -0.4 is 0 Å². The van der Waals surface area contributed by atoms with Crippen LogP contribution in [0.2, 0.25) is 0 Å². The molecular formula is C20H23N3O3. The molecule has 6 heteroatoms. The average molecular weight is 353 g/mol. The lowest BCUT2D eigenvalue weighted by molar-refractivity contribution is -0.188. The van der Waals surface area contributed by atoms with Gasteiger partial charge in [0.05, 0.1) is 25.8 Å². The predicted molar refractivity (Wildman–Crippen MR) is 95.6 cm³/mol. The number of ether oxygens (including phenoxy) is 2. The minimum Gasteiger partial charge on any atom is -0.373 e. The van der Waals surface area contributed by atoms with E-state index in [9.17, 15) is 4.79 Å². The summed E-state index contributed by atoms with van der Waals surface area (Å²) in [6.07, 6.45) is 5.42. The second-order valence-corrected chi connectivity index (χ2v) is 7.14. The number of aromatic nitrogens is 2. The molecule has 2 aromatic heterocycles. The number of nitrogens with zero attached hydrogens (tertiary/aromatic N) is 3. The number of carbonyl (C=O) groups is 1. The Morgan fingerprint density at radius 1 is 1.31 bits per heavy atom. The first kappa shape index (κ1) is 17.1. The number of rotatable bonds is 4. The van der Waals surface area contributed by atoms with Crippen LogP contribution in [0.25, 0.3) is 0 Å². The van der Waals surface area contributed by atoms with Crippen molar-refractivity contribution < 1.29 is 14.3 Å². The molecule has 0 radical (unpaired) electrons. The van der Waals surface area contributed by atoms with Gasteiger partial charge in [0.15, 0.2) is 0 Å². The number of hydrogen-bond donors (Lipinski definition) is 0. The first-order valence-corrected chi connectivity index (χ1v) is 9.01. The van der Waals surface area contributed by atoms with E-state index < -0.39 is 0 Å². The summed E-state index contributed by atoms with van der Waals surface area (Å²) in [7, 11) is 0. The van der Waals surface area contributed by atoms with Gasteiger partial charge in [-0.1, -0.05) is 6.07 Å². The monoisotopic (exact) mass is 353 g/mol. The van der Waals surface area contributed by atoms with Gasteiger partial charge in [0.25, 0.3) is 5.91 Å². The molecule has 4 heterocycles. The van der Waals surface area contributed by atoms with Crippen molar-refractivity contribution in [3.05, 3.63) is 59.7 Å². The SMILES string of the molecule is Cc1cccc(C(=O)N2CC3(C[C@@H](OCc4ccncc4)CCO3)C2)n1. The topological polar surface area (TPSA) is 64.6 Å². The Kier molecular flexibility index (Phi) is 4.70. The van der Waals surface area contributed by atoms with Crippen LogP contribution in [0.15, 0.2) is 42.7 Å². The number of amides is 1. The van der Waals surface area contributed by atoms with Crippen LogP contribution in [0.1, 0.15) is 34.6 Å². The molecule has 2 fully saturated rings. The van der Waals surface area contributed by atoms with Crippen molar-refractivity contribution in [3.63, 3.8) is 0 Å². The maximum absolute atomic E-state index is 12.6. The Labute approximate surface area is 153 Å². The zero-order valence-electron chi connectivity index (χ0n) is 14.9. The molecule has 6 nitrogen and oxygen atoms in total. The fraction of sp³-hybridized carbons (Fsp3) is 0.450. The molecule has 2 saturated heterocycles. The third-order valence-electron chi connectivity index (χ3n) is 5.04. The van der Waals surface area contributed by atoms with Gasteiger partial charge in [0.2, 0.25) is 0 Å². The highest BCUT2D eigenvalue weighted by Gasteiger charge is 2.49. The zero-order chi connectivity index (χ0) is 18.0. The third kappa shape index (κ3) is 3.61. The van der Waals surface area contributed by atoms with Crippen LogP contribution in [-0.4, -0.2) is 52.2 Å². The van der Waals surface area contributed by atoms with E-state index in [-0.39, 0.29) is 17.6 Å². The third-order valence-corrected chi connectivity index (χ3v) is 5.04. The van der Waals surface area contributed by atoms with Crippen LogP contribution in [0, 0.1) is 6.92 Å². The lowest BCUT2D eigenvalue weighted by Crippen LogP contribution is -2.67. The summed E-state index contributed by atoms with van der Waals surface area (Å²) < 4.78 is 12.1. The predicted octanol–water partition coefficient (Wildman–Crippen LogP) is 2.38. The first-order chi connectivity index (χ1) is 12.6. The zero-order valence-corrected chi connectivity index (χ0v) is 14.9. The van der Waals surface area contributed by atoms with E-state index in [1.165, 1.54) is 0 Å². The summed E-state index contributed by atoms with van der Waals surface area (Å²) in [4.78, 5) is 22.7. The van der Waals surface area contributed by atoms with Gasteiger partial charge in [-0.05, 0) is 43.2 Å². The Morgan fingerprint density at radius 3 is 2.88 bits per heavy atom. The molecule has 1 atom stereocenters. The van der Waals surface area contributed by atoms with Gasteiger partial charge in [0.1, 0.15) is 11.3 Å². The van der Waals surface area contributed by atoms with E-state index in [1.807, 2.05) is 36.1 Å². The smallest absolute Gasteiger partial charge is 0.272 e. The largest absolute Gasteiger partial charge is 0.373 e. The molecule has 4 rings (SSSR count). The summed E-state index contributed by atoms with van der Waals surface area (Å²) in [6.45, 7) is 4.36. The van der Waals surface area contributed by atoms with Gasteiger partial charge < -0.3 is 14.4 Å². The van der Waals surface area contributed by atoms with Crippen molar-refractivity contribution in [1.82, 2.24) is 14.9 Å². The molecule has 0 unspecified atom stereocenters. The van der Waals surface area contributed by atoms with Gasteiger partial charge in [-0.3, -0.25) is 9.78 Å². The molecule has 26 heavy (non-hydrogen) atoms. The van der Waals surface area contributed by atoms with Crippen molar-refractivity contribution in [2.45, 2.75) is 38.1 Å². The molecule has 0 N–H and O–H groups in total. The molecule has 0 bridgehead atoms. The molecule has 0 aromatic carbocycles. The Bertz CT molecular complexity index is 775. The quantitative estimate of drug-likeness (QED) is 0.844. The summed E-state index contributed by atoms with van der Waals surface area (Å²) in [5.74, 6) is -0.0252. The Morgan fingerprint density at radius 2 is 2.12 bits per heavy atom. The highest BCUT2D eigenvalue weighted by Crippen LogP contribution is 2.36. The second kappa shape index (κ2) is 7.13. The van der Waals surface area contributed by atoms with E-state index >= 15 is 0 Å². The summed E-state index contributed by atoms with van der Waals surface area (Å²) in [5.41, 5.74) is 2.21. The van der Waals surface area contributed by atoms with E-state index in [1.54, 1.807) is 18.5 Å². The second-order valence-electron chi connectivity index (χ2n) is 7.14. The summed E-state index contributed by atoms with van der Waals surface area (Å²) >= 11 is 0. The lowest BCUT2D eigenvalue weighted by atomic mass is 9.84. The molecule has 0 saturated carbocycles. The maximum Gasteiger partial charge on any atom is 0.272 e. The number of aryl methyl sites for hydroxylation is 1. The normalized spacial score (nSPS) is 21.4. The Balaban J connectivity index is 1.32. The fourth-order valence-electron chi connectivity index (χ4n) is 3.66.